The maximum atomic E-state index is 13.2. The normalized spacial score (nSPS) is 33.1. The van der Waals surface area contributed by atoms with Crippen LogP contribution < -0.4 is 14.8 Å². The number of aliphatic hydroxyl groups excluding tert-OH is 5. The Morgan fingerprint density at radius 3 is 2.37 bits per heavy atom. The molecule has 0 radical (unpaired) electrons. The van der Waals surface area contributed by atoms with E-state index < -0.39 is 72.9 Å². The smallest absolute Gasteiger partial charge is 0.247 e. The van der Waals surface area contributed by atoms with Gasteiger partial charge in [-0.25, -0.2) is 4.39 Å². The van der Waals surface area contributed by atoms with Crippen molar-refractivity contribution >= 4 is 23.6 Å². The number of benzene rings is 2. The van der Waals surface area contributed by atoms with Crippen LogP contribution in [0.4, 0.5) is 4.39 Å². The third-order valence-corrected chi connectivity index (χ3v) is 8.37. The number of fused-ring (bicyclic) bond motifs is 1. The standard InChI is InChI=1S/C31H35ClFNO12/c1-13(7-8-42-19-6-4-16(33)11-17(19)32)27-25(39)26(40)31(46-27)45-20-5-3-15(10-18(20)35)9-14(2)30(41)34-21-22(36)24(38)29-28(23(21)37)43-12-44-29/h3-7,9-11,21-29,31,35-40H,8,12H2,1-2H3,(H,34,41)/t21-,22+,23-,24-,25+,26+,27-,28+,29-,31-/m1/s1. The Morgan fingerprint density at radius 1 is 0.978 bits per heavy atom. The van der Waals surface area contributed by atoms with Crippen LogP contribution in [-0.2, 0) is 19.0 Å². The number of hydrogen-bond donors (Lipinski definition) is 7. The van der Waals surface area contributed by atoms with Crippen molar-refractivity contribution in [3.63, 3.8) is 0 Å². The summed E-state index contributed by atoms with van der Waals surface area (Å²) in [5, 5.41) is 65.7. The second kappa shape index (κ2) is 14.2. The number of aromatic hydroxyl groups is 1. The fourth-order valence-corrected chi connectivity index (χ4v) is 5.70. The van der Waals surface area contributed by atoms with E-state index in [0.29, 0.717) is 11.1 Å². The number of nitrogens with one attached hydrogen (secondary N) is 1. The molecule has 2 saturated heterocycles. The lowest BCUT2D eigenvalue weighted by Crippen LogP contribution is -2.67. The number of phenols is 1. The SMILES string of the molecule is CC(=Cc1ccc(O[C@@H]2O[C@H](C(C)=CCOc3ccc(F)cc3Cl)[C@@H](O)[C@@H]2O)c(O)c1)C(=O)N[C@@H]1[C@H](O)[C@@H](O)[C@H]2OCO[C@H]2[C@@H]1O. The Kier molecular flexibility index (Phi) is 10.5. The van der Waals surface area contributed by atoms with E-state index in [0.717, 1.165) is 6.07 Å². The molecule has 3 fully saturated rings. The molecule has 10 atom stereocenters. The van der Waals surface area contributed by atoms with Crippen molar-refractivity contribution in [1.29, 1.82) is 0 Å². The highest BCUT2D eigenvalue weighted by molar-refractivity contribution is 6.32. The van der Waals surface area contributed by atoms with E-state index in [1.54, 1.807) is 13.0 Å². The van der Waals surface area contributed by atoms with Crippen molar-refractivity contribution in [1.82, 2.24) is 5.32 Å². The van der Waals surface area contributed by atoms with Crippen LogP contribution in [0.25, 0.3) is 6.08 Å². The first kappa shape index (κ1) is 34.0. The fraction of sp³-hybridized carbons (Fsp3) is 0.452. The first-order valence-corrected chi connectivity index (χ1v) is 14.8. The molecule has 2 heterocycles. The average molecular weight is 668 g/mol. The molecule has 0 unspecified atom stereocenters. The zero-order valence-corrected chi connectivity index (χ0v) is 25.5. The second-order valence-corrected chi connectivity index (χ2v) is 11.7. The van der Waals surface area contributed by atoms with Gasteiger partial charge in [0.1, 0.15) is 73.8 Å². The van der Waals surface area contributed by atoms with Gasteiger partial charge in [0, 0.05) is 5.57 Å². The van der Waals surface area contributed by atoms with Gasteiger partial charge in [0.2, 0.25) is 12.2 Å². The van der Waals surface area contributed by atoms with Crippen LogP contribution >= 0.6 is 11.6 Å². The zero-order valence-electron chi connectivity index (χ0n) is 24.7. The third-order valence-electron chi connectivity index (χ3n) is 8.08. The summed E-state index contributed by atoms with van der Waals surface area (Å²) in [5.74, 6) is -1.30. The summed E-state index contributed by atoms with van der Waals surface area (Å²) < 4.78 is 40.6. The molecular weight excluding hydrogens is 633 g/mol. The molecular formula is C31H35ClFNO12. The molecule has 1 amide bonds. The maximum absolute atomic E-state index is 13.2. The van der Waals surface area contributed by atoms with E-state index in [9.17, 15) is 39.8 Å². The molecule has 7 N–H and O–H groups in total. The van der Waals surface area contributed by atoms with Gasteiger partial charge in [-0.15, -0.1) is 0 Å². The molecule has 15 heteroatoms. The van der Waals surface area contributed by atoms with Gasteiger partial charge in [-0.2, -0.15) is 0 Å². The lowest BCUT2D eigenvalue weighted by Gasteiger charge is -2.41. The second-order valence-electron chi connectivity index (χ2n) is 11.3. The summed E-state index contributed by atoms with van der Waals surface area (Å²) in [5.41, 5.74) is 1.06. The topological polar surface area (TPSA) is 197 Å². The monoisotopic (exact) mass is 667 g/mol. The molecule has 2 aromatic carbocycles. The quantitative estimate of drug-likeness (QED) is 0.147. The minimum absolute atomic E-state index is 0.0206. The fourth-order valence-electron chi connectivity index (χ4n) is 5.48. The van der Waals surface area contributed by atoms with Gasteiger partial charge in [0.15, 0.2) is 11.5 Å². The van der Waals surface area contributed by atoms with Gasteiger partial charge in [-0.05, 0) is 67.5 Å². The van der Waals surface area contributed by atoms with E-state index in [4.69, 9.17) is 35.3 Å². The summed E-state index contributed by atoms with van der Waals surface area (Å²) in [6, 6.07) is 6.68. The van der Waals surface area contributed by atoms with E-state index in [2.05, 4.69) is 5.32 Å². The number of carbonyl (C=O) groups is 1. The van der Waals surface area contributed by atoms with Crippen molar-refractivity contribution in [3.8, 4) is 17.2 Å². The van der Waals surface area contributed by atoms with Gasteiger partial charge in [0.05, 0.1) is 11.1 Å². The Bertz CT molecular complexity index is 1490. The molecule has 2 aromatic rings. The summed E-state index contributed by atoms with van der Waals surface area (Å²) in [4.78, 5) is 12.9. The van der Waals surface area contributed by atoms with Crippen molar-refractivity contribution in [2.75, 3.05) is 13.4 Å². The van der Waals surface area contributed by atoms with Crippen molar-refractivity contribution in [2.45, 2.75) is 75.0 Å². The molecule has 1 saturated carbocycles. The predicted molar refractivity (Wildman–Crippen MR) is 158 cm³/mol. The molecule has 0 spiro atoms. The molecule has 3 aliphatic rings. The average Bonchev–Trinajstić information content (AvgIpc) is 3.62. The molecule has 250 valence electrons. The number of ether oxygens (including phenoxy) is 5. The Hall–Kier alpha value is -3.31. The summed E-state index contributed by atoms with van der Waals surface area (Å²) in [6.07, 6.45) is -8.14. The van der Waals surface area contributed by atoms with Crippen molar-refractivity contribution < 1.29 is 63.5 Å². The Balaban J connectivity index is 1.18. The van der Waals surface area contributed by atoms with Crippen molar-refractivity contribution in [2.24, 2.45) is 0 Å². The number of phenolic OH excluding ortho intramolecular Hbond substituents is 1. The van der Waals surface area contributed by atoms with Crippen LogP contribution in [0.5, 0.6) is 17.2 Å². The van der Waals surface area contributed by atoms with Crippen LogP contribution in [0.15, 0.2) is 53.6 Å². The Labute approximate surface area is 268 Å². The third kappa shape index (κ3) is 7.15. The number of hydrogen-bond acceptors (Lipinski definition) is 12. The molecule has 13 nitrogen and oxygen atoms in total. The first-order valence-electron chi connectivity index (χ1n) is 14.4. The summed E-state index contributed by atoms with van der Waals surface area (Å²) in [6.45, 7) is 2.99. The number of amides is 1. The predicted octanol–water partition coefficient (Wildman–Crippen LogP) is 0.761. The highest BCUT2D eigenvalue weighted by atomic mass is 35.5. The van der Waals surface area contributed by atoms with Gasteiger partial charge in [-0.3, -0.25) is 4.79 Å². The molecule has 2 aliphatic heterocycles. The minimum Gasteiger partial charge on any atom is -0.504 e. The lowest BCUT2D eigenvalue weighted by atomic mass is 9.83. The molecule has 5 rings (SSSR count). The number of rotatable bonds is 9. The molecule has 0 bridgehead atoms. The summed E-state index contributed by atoms with van der Waals surface area (Å²) in [7, 11) is 0. The van der Waals surface area contributed by atoms with Gasteiger partial charge in [0.25, 0.3) is 0 Å². The van der Waals surface area contributed by atoms with Gasteiger partial charge < -0.3 is 59.6 Å². The number of halogens is 2. The highest BCUT2D eigenvalue weighted by Crippen LogP contribution is 2.34. The van der Waals surface area contributed by atoms with E-state index in [1.165, 1.54) is 43.3 Å². The lowest BCUT2D eigenvalue weighted by molar-refractivity contribution is -0.155. The Morgan fingerprint density at radius 2 is 1.67 bits per heavy atom. The van der Waals surface area contributed by atoms with Crippen LogP contribution in [0.2, 0.25) is 5.02 Å². The minimum atomic E-state index is -1.51. The van der Waals surface area contributed by atoms with E-state index in [1.807, 2.05) is 0 Å². The van der Waals surface area contributed by atoms with Crippen LogP contribution in [-0.4, -0.2) is 111 Å². The van der Waals surface area contributed by atoms with Crippen LogP contribution in [0.3, 0.4) is 0 Å². The zero-order chi connectivity index (χ0) is 33.3. The highest BCUT2D eigenvalue weighted by Gasteiger charge is 2.53. The van der Waals surface area contributed by atoms with E-state index >= 15 is 0 Å². The molecule has 1 aliphatic carbocycles. The van der Waals surface area contributed by atoms with Crippen LogP contribution in [0.1, 0.15) is 19.4 Å². The van der Waals surface area contributed by atoms with Crippen molar-refractivity contribution in [3.05, 3.63) is 70.0 Å². The van der Waals surface area contributed by atoms with E-state index in [-0.39, 0.29) is 41.2 Å². The first-order chi connectivity index (χ1) is 21.8. The largest absolute Gasteiger partial charge is 0.504 e. The molecule has 0 aromatic heterocycles. The van der Waals surface area contributed by atoms with Gasteiger partial charge >= 0.3 is 0 Å². The molecule has 46 heavy (non-hydrogen) atoms. The number of aliphatic hydroxyl groups is 5. The van der Waals surface area contributed by atoms with Crippen LogP contribution in [0, 0.1) is 5.82 Å². The number of carbonyl (C=O) groups excluding carboxylic acids is 1. The summed E-state index contributed by atoms with van der Waals surface area (Å²) >= 11 is 5.96. The maximum Gasteiger partial charge on any atom is 0.247 e. The van der Waals surface area contributed by atoms with Gasteiger partial charge in [-0.1, -0.05) is 17.7 Å².